The molecule has 0 aliphatic carbocycles. The Morgan fingerprint density at radius 3 is 2.32 bits per heavy atom. The standard InChI is InChI=1S/C14H19FN2.2ClH/c1-2-3-14(17-10-8-16-9-11-17)12-4-6-13(15)7-5-12;;/h2,4-7,14,16H,1,3,8-11H2;2*1H/t14-;;/m1../s1. The van der Waals surface area contributed by atoms with E-state index in [-0.39, 0.29) is 30.6 Å². The molecule has 0 aromatic heterocycles. The molecule has 1 aromatic rings. The second kappa shape index (κ2) is 9.32. The van der Waals surface area contributed by atoms with Crippen molar-refractivity contribution in [1.29, 1.82) is 0 Å². The smallest absolute Gasteiger partial charge is 0.123 e. The largest absolute Gasteiger partial charge is 0.314 e. The Bertz CT molecular complexity index is 364. The molecule has 1 fully saturated rings. The Hall–Kier alpha value is -0.610. The SMILES string of the molecule is C=CC[C@H](c1ccc(F)cc1)N1CCNCC1.Cl.Cl. The lowest BCUT2D eigenvalue weighted by Crippen LogP contribution is -2.45. The summed E-state index contributed by atoms with van der Waals surface area (Å²) in [5, 5.41) is 3.34. The van der Waals surface area contributed by atoms with Crippen molar-refractivity contribution < 1.29 is 4.39 Å². The van der Waals surface area contributed by atoms with Crippen molar-refractivity contribution in [3.63, 3.8) is 0 Å². The van der Waals surface area contributed by atoms with Gasteiger partial charge in [0.25, 0.3) is 0 Å². The zero-order valence-corrected chi connectivity index (χ0v) is 12.5. The minimum absolute atomic E-state index is 0. The van der Waals surface area contributed by atoms with Crippen LogP contribution in [0.4, 0.5) is 4.39 Å². The van der Waals surface area contributed by atoms with Crippen molar-refractivity contribution in [1.82, 2.24) is 10.2 Å². The molecule has 0 spiro atoms. The number of nitrogens with zero attached hydrogens (tertiary/aromatic N) is 1. The third-order valence-electron chi connectivity index (χ3n) is 3.24. The summed E-state index contributed by atoms with van der Waals surface area (Å²) in [7, 11) is 0. The van der Waals surface area contributed by atoms with Crippen LogP contribution in [-0.4, -0.2) is 31.1 Å². The Morgan fingerprint density at radius 2 is 1.79 bits per heavy atom. The molecule has 0 amide bonds. The van der Waals surface area contributed by atoms with E-state index >= 15 is 0 Å². The highest BCUT2D eigenvalue weighted by Crippen LogP contribution is 2.25. The van der Waals surface area contributed by atoms with Gasteiger partial charge in [0.2, 0.25) is 0 Å². The van der Waals surface area contributed by atoms with Crippen molar-refractivity contribution in [2.45, 2.75) is 12.5 Å². The van der Waals surface area contributed by atoms with E-state index in [4.69, 9.17) is 0 Å². The fourth-order valence-corrected chi connectivity index (χ4v) is 2.33. The van der Waals surface area contributed by atoms with Crippen LogP contribution in [0.2, 0.25) is 0 Å². The summed E-state index contributed by atoms with van der Waals surface area (Å²) in [6.07, 6.45) is 2.85. The van der Waals surface area contributed by atoms with Crippen molar-refractivity contribution in [3.05, 3.63) is 48.3 Å². The van der Waals surface area contributed by atoms with Gasteiger partial charge in [-0.1, -0.05) is 18.2 Å². The van der Waals surface area contributed by atoms with Crippen molar-refractivity contribution >= 4 is 24.8 Å². The molecule has 1 aliphatic heterocycles. The van der Waals surface area contributed by atoms with E-state index < -0.39 is 0 Å². The topological polar surface area (TPSA) is 15.3 Å². The van der Waals surface area contributed by atoms with Gasteiger partial charge in [-0.05, 0) is 24.1 Å². The summed E-state index contributed by atoms with van der Waals surface area (Å²) >= 11 is 0. The van der Waals surface area contributed by atoms with Gasteiger partial charge in [-0.15, -0.1) is 31.4 Å². The molecule has 1 atom stereocenters. The van der Waals surface area contributed by atoms with E-state index in [9.17, 15) is 4.39 Å². The lowest BCUT2D eigenvalue weighted by Gasteiger charge is -2.34. The van der Waals surface area contributed by atoms with Crippen molar-refractivity contribution in [2.75, 3.05) is 26.2 Å². The summed E-state index contributed by atoms with van der Waals surface area (Å²) in [4.78, 5) is 2.44. The highest BCUT2D eigenvalue weighted by atomic mass is 35.5. The molecule has 0 saturated carbocycles. The van der Waals surface area contributed by atoms with Crippen LogP contribution in [0.3, 0.4) is 0 Å². The number of nitrogens with one attached hydrogen (secondary N) is 1. The minimum atomic E-state index is -0.175. The predicted octanol–water partition coefficient (Wildman–Crippen LogP) is 3.19. The van der Waals surface area contributed by atoms with E-state index in [1.54, 1.807) is 0 Å². The zero-order valence-electron chi connectivity index (χ0n) is 10.8. The van der Waals surface area contributed by atoms with Gasteiger partial charge in [0.1, 0.15) is 5.82 Å². The number of hydrogen-bond donors (Lipinski definition) is 1. The molecule has 1 heterocycles. The van der Waals surface area contributed by atoms with E-state index in [1.165, 1.54) is 17.7 Å². The first-order valence-corrected chi connectivity index (χ1v) is 6.12. The zero-order chi connectivity index (χ0) is 12.1. The summed E-state index contributed by atoms with van der Waals surface area (Å²) in [6.45, 7) is 7.94. The molecule has 108 valence electrons. The summed E-state index contributed by atoms with van der Waals surface area (Å²) in [5.41, 5.74) is 1.17. The average molecular weight is 307 g/mol. The summed E-state index contributed by atoms with van der Waals surface area (Å²) in [5.74, 6) is -0.175. The summed E-state index contributed by atoms with van der Waals surface area (Å²) in [6, 6.07) is 7.16. The van der Waals surface area contributed by atoms with Crippen LogP contribution in [0.15, 0.2) is 36.9 Å². The maximum absolute atomic E-state index is 12.9. The normalized spacial score (nSPS) is 16.9. The molecule has 1 aliphatic rings. The van der Waals surface area contributed by atoms with Gasteiger partial charge >= 0.3 is 0 Å². The monoisotopic (exact) mass is 306 g/mol. The van der Waals surface area contributed by atoms with Crippen molar-refractivity contribution in [3.8, 4) is 0 Å². The first kappa shape index (κ1) is 18.4. The fraction of sp³-hybridized carbons (Fsp3) is 0.429. The first-order chi connectivity index (χ1) is 8.31. The number of hydrogen-bond acceptors (Lipinski definition) is 2. The molecule has 0 bridgehead atoms. The Balaban J connectivity index is 0.00000162. The van der Waals surface area contributed by atoms with E-state index in [0.717, 1.165) is 32.6 Å². The third kappa shape index (κ3) is 5.11. The van der Waals surface area contributed by atoms with E-state index in [1.807, 2.05) is 18.2 Å². The maximum Gasteiger partial charge on any atom is 0.123 e. The van der Waals surface area contributed by atoms with Crippen LogP contribution in [0.1, 0.15) is 18.0 Å². The average Bonchev–Trinajstić information content (AvgIpc) is 2.38. The molecule has 2 nitrogen and oxygen atoms in total. The second-order valence-electron chi connectivity index (χ2n) is 4.38. The minimum Gasteiger partial charge on any atom is -0.314 e. The van der Waals surface area contributed by atoms with Gasteiger partial charge in [0.15, 0.2) is 0 Å². The highest BCUT2D eigenvalue weighted by molar-refractivity contribution is 5.85. The summed E-state index contributed by atoms with van der Waals surface area (Å²) < 4.78 is 12.9. The van der Waals surface area contributed by atoms with E-state index in [2.05, 4.69) is 16.8 Å². The van der Waals surface area contributed by atoms with Crippen molar-refractivity contribution in [2.24, 2.45) is 0 Å². The van der Waals surface area contributed by atoms with Gasteiger partial charge < -0.3 is 5.32 Å². The lowest BCUT2D eigenvalue weighted by atomic mass is 10.0. The predicted molar refractivity (Wildman–Crippen MR) is 82.9 cm³/mol. The Morgan fingerprint density at radius 1 is 1.21 bits per heavy atom. The van der Waals surface area contributed by atoms with Gasteiger partial charge in [0.05, 0.1) is 0 Å². The Labute approximate surface area is 126 Å². The lowest BCUT2D eigenvalue weighted by molar-refractivity contribution is 0.174. The number of piperazine rings is 1. The highest BCUT2D eigenvalue weighted by Gasteiger charge is 2.20. The molecular weight excluding hydrogens is 286 g/mol. The van der Waals surface area contributed by atoms with Gasteiger partial charge in [-0.3, -0.25) is 4.90 Å². The molecule has 0 radical (unpaired) electrons. The first-order valence-electron chi connectivity index (χ1n) is 6.12. The molecule has 1 saturated heterocycles. The number of benzene rings is 1. The molecule has 19 heavy (non-hydrogen) atoms. The number of rotatable bonds is 4. The van der Waals surface area contributed by atoms with Gasteiger partial charge in [-0.25, -0.2) is 4.39 Å². The van der Waals surface area contributed by atoms with Crippen LogP contribution in [0, 0.1) is 5.82 Å². The van der Waals surface area contributed by atoms with Crippen LogP contribution in [0.25, 0.3) is 0 Å². The second-order valence-corrected chi connectivity index (χ2v) is 4.38. The van der Waals surface area contributed by atoms with E-state index in [0.29, 0.717) is 6.04 Å². The molecule has 2 rings (SSSR count). The molecule has 1 aromatic carbocycles. The van der Waals surface area contributed by atoms with Crippen LogP contribution in [-0.2, 0) is 0 Å². The van der Waals surface area contributed by atoms with Crippen LogP contribution < -0.4 is 5.32 Å². The maximum atomic E-state index is 12.9. The molecule has 5 heteroatoms. The van der Waals surface area contributed by atoms with Gasteiger partial charge in [0, 0.05) is 32.2 Å². The third-order valence-corrected chi connectivity index (χ3v) is 3.24. The van der Waals surface area contributed by atoms with Crippen LogP contribution >= 0.6 is 24.8 Å². The molecule has 1 N–H and O–H groups in total. The fourth-order valence-electron chi connectivity index (χ4n) is 2.33. The molecular formula is C14H21Cl2FN2. The van der Waals surface area contributed by atoms with Crippen LogP contribution in [0.5, 0.6) is 0 Å². The quantitative estimate of drug-likeness (QED) is 0.860. The molecule has 0 unspecified atom stereocenters. The van der Waals surface area contributed by atoms with Gasteiger partial charge in [-0.2, -0.15) is 0 Å². The Kier molecular flexibility index (Phi) is 9.02. The number of halogens is 3.